The monoisotopic (exact) mass is 315 g/mol. The van der Waals surface area contributed by atoms with Crippen LogP contribution in [-0.2, 0) is 6.54 Å². The Bertz CT molecular complexity index is 349. The molecule has 84 valence electrons. The van der Waals surface area contributed by atoms with Gasteiger partial charge in [-0.2, -0.15) is 0 Å². The van der Waals surface area contributed by atoms with E-state index in [4.69, 9.17) is 11.6 Å². The van der Waals surface area contributed by atoms with Gasteiger partial charge in [0, 0.05) is 28.9 Å². The molecule has 6 heteroatoms. The summed E-state index contributed by atoms with van der Waals surface area (Å²) < 4.78 is 27.3. The fourth-order valence-electron chi connectivity index (χ4n) is 1.63. The normalized spacial score (nSPS) is 21.1. The van der Waals surface area contributed by atoms with Crippen LogP contribution in [0.5, 0.6) is 0 Å². The van der Waals surface area contributed by atoms with E-state index in [9.17, 15) is 8.78 Å². The van der Waals surface area contributed by atoms with Gasteiger partial charge in [0.2, 0.25) is 0 Å². The van der Waals surface area contributed by atoms with E-state index in [0.717, 1.165) is 9.35 Å². The molecule has 0 aliphatic carbocycles. The lowest BCUT2D eigenvalue weighted by molar-refractivity contribution is 0.0116. The van der Waals surface area contributed by atoms with Crippen LogP contribution in [-0.4, -0.2) is 23.9 Å². The van der Waals surface area contributed by atoms with Crippen LogP contribution in [0.4, 0.5) is 8.78 Å². The number of likely N-dealkylation sites (tertiary alicyclic amines) is 1. The number of alkyl halides is 2. The first-order valence-corrected chi connectivity index (χ1v) is 6.49. The van der Waals surface area contributed by atoms with Gasteiger partial charge in [-0.1, -0.05) is 11.6 Å². The van der Waals surface area contributed by atoms with Crippen LogP contribution < -0.4 is 0 Å². The van der Waals surface area contributed by atoms with Crippen LogP contribution in [0.1, 0.15) is 11.3 Å². The maximum atomic E-state index is 12.9. The van der Waals surface area contributed by atoms with E-state index in [-0.39, 0.29) is 13.0 Å². The molecule has 1 aliphatic heterocycles. The third-order valence-corrected chi connectivity index (χ3v) is 4.78. The van der Waals surface area contributed by atoms with Crippen molar-refractivity contribution in [2.45, 2.75) is 18.9 Å². The first-order chi connectivity index (χ1) is 6.96. The van der Waals surface area contributed by atoms with E-state index in [1.54, 1.807) is 4.90 Å². The van der Waals surface area contributed by atoms with Gasteiger partial charge in [0.1, 0.15) is 4.34 Å². The summed E-state index contributed by atoms with van der Waals surface area (Å²) in [6, 6.07) is 1.89. The summed E-state index contributed by atoms with van der Waals surface area (Å²) in [4.78, 5) is 2.78. The number of hydrogen-bond acceptors (Lipinski definition) is 2. The molecule has 0 radical (unpaired) electrons. The van der Waals surface area contributed by atoms with Gasteiger partial charge in [-0.3, -0.25) is 4.90 Å². The molecule has 2 heterocycles. The first kappa shape index (κ1) is 11.8. The maximum Gasteiger partial charge on any atom is 0.261 e. The van der Waals surface area contributed by atoms with Gasteiger partial charge in [0.15, 0.2) is 0 Å². The minimum absolute atomic E-state index is 0.0344. The van der Waals surface area contributed by atoms with Crippen molar-refractivity contribution in [3.63, 3.8) is 0 Å². The van der Waals surface area contributed by atoms with Gasteiger partial charge in [-0.15, -0.1) is 11.3 Å². The zero-order valence-corrected chi connectivity index (χ0v) is 10.9. The molecule has 1 saturated heterocycles. The lowest BCUT2D eigenvalue weighted by atomic mass is 10.3. The topological polar surface area (TPSA) is 3.24 Å². The molecule has 1 aliphatic rings. The second-order valence-corrected chi connectivity index (χ2v) is 6.24. The predicted molar refractivity (Wildman–Crippen MR) is 61.9 cm³/mol. The van der Waals surface area contributed by atoms with Crippen LogP contribution in [0.15, 0.2) is 10.5 Å². The standard InChI is InChI=1S/C9H9BrClF2NS/c10-7-3-6(15-8(7)11)4-14-2-1-9(12,13)5-14/h3H,1-2,4-5H2. The molecule has 0 unspecified atom stereocenters. The van der Waals surface area contributed by atoms with Crippen LogP contribution in [0.3, 0.4) is 0 Å². The Morgan fingerprint density at radius 1 is 1.60 bits per heavy atom. The summed E-state index contributed by atoms with van der Waals surface area (Å²) >= 11 is 10.6. The fourth-order valence-corrected chi connectivity index (χ4v) is 3.46. The zero-order valence-electron chi connectivity index (χ0n) is 7.77. The Morgan fingerprint density at radius 3 is 2.80 bits per heavy atom. The molecule has 0 spiro atoms. The third kappa shape index (κ3) is 2.90. The van der Waals surface area contributed by atoms with Crippen molar-refractivity contribution in [1.29, 1.82) is 0 Å². The molecular weight excluding hydrogens is 308 g/mol. The molecule has 1 aromatic rings. The van der Waals surface area contributed by atoms with E-state index in [1.807, 2.05) is 6.07 Å². The van der Waals surface area contributed by atoms with Gasteiger partial charge in [-0.05, 0) is 22.0 Å². The lowest BCUT2D eigenvalue weighted by Gasteiger charge is -2.13. The highest BCUT2D eigenvalue weighted by atomic mass is 79.9. The van der Waals surface area contributed by atoms with Crippen LogP contribution in [0.25, 0.3) is 0 Å². The Morgan fingerprint density at radius 2 is 2.33 bits per heavy atom. The summed E-state index contributed by atoms with van der Waals surface area (Å²) in [5.74, 6) is -2.52. The summed E-state index contributed by atoms with van der Waals surface area (Å²) in [6.07, 6.45) is -0.0344. The Kier molecular flexibility index (Phi) is 3.36. The molecule has 2 rings (SSSR count). The molecule has 1 fully saturated rings. The van der Waals surface area contributed by atoms with Crippen LogP contribution in [0, 0.1) is 0 Å². The van der Waals surface area contributed by atoms with Crippen molar-refractivity contribution in [1.82, 2.24) is 4.90 Å². The van der Waals surface area contributed by atoms with E-state index in [2.05, 4.69) is 15.9 Å². The lowest BCUT2D eigenvalue weighted by Crippen LogP contribution is -2.24. The quantitative estimate of drug-likeness (QED) is 0.797. The van der Waals surface area contributed by atoms with Gasteiger partial charge in [0.25, 0.3) is 5.92 Å². The number of hydrogen-bond donors (Lipinski definition) is 0. The largest absolute Gasteiger partial charge is 0.292 e. The Balaban J connectivity index is 1.98. The maximum absolute atomic E-state index is 12.9. The molecule has 0 N–H and O–H groups in total. The Labute approximate surface area is 104 Å². The van der Waals surface area contributed by atoms with Crippen molar-refractivity contribution in [2.75, 3.05) is 13.1 Å². The van der Waals surface area contributed by atoms with Gasteiger partial charge in [0.05, 0.1) is 6.54 Å². The fraction of sp³-hybridized carbons (Fsp3) is 0.556. The molecule has 0 saturated carbocycles. The average molecular weight is 317 g/mol. The van der Waals surface area contributed by atoms with E-state index >= 15 is 0 Å². The van der Waals surface area contributed by atoms with Crippen molar-refractivity contribution in [3.8, 4) is 0 Å². The van der Waals surface area contributed by atoms with Crippen molar-refractivity contribution < 1.29 is 8.78 Å². The molecule has 0 aromatic carbocycles. The number of nitrogens with zero attached hydrogens (tertiary/aromatic N) is 1. The first-order valence-electron chi connectivity index (χ1n) is 4.50. The predicted octanol–water partition coefficient (Wildman–Crippen LogP) is 4.01. The Hall–Kier alpha value is 0.290. The molecule has 1 aromatic heterocycles. The SMILES string of the molecule is FC1(F)CCN(Cc2cc(Br)c(Cl)s2)C1. The summed E-state index contributed by atoms with van der Waals surface area (Å²) in [6.45, 7) is 0.881. The average Bonchev–Trinajstić information content (AvgIpc) is 2.58. The minimum atomic E-state index is -2.52. The zero-order chi connectivity index (χ0) is 11.1. The van der Waals surface area contributed by atoms with Crippen LogP contribution in [0.2, 0.25) is 4.34 Å². The minimum Gasteiger partial charge on any atom is -0.292 e. The smallest absolute Gasteiger partial charge is 0.261 e. The van der Waals surface area contributed by atoms with Crippen molar-refractivity contribution >= 4 is 38.9 Å². The third-order valence-electron chi connectivity index (χ3n) is 2.32. The molecular formula is C9H9BrClF2NS. The van der Waals surface area contributed by atoms with Crippen molar-refractivity contribution in [2.24, 2.45) is 0 Å². The highest BCUT2D eigenvalue weighted by Gasteiger charge is 2.38. The van der Waals surface area contributed by atoms with Gasteiger partial charge < -0.3 is 0 Å². The van der Waals surface area contributed by atoms with E-state index < -0.39 is 5.92 Å². The highest BCUT2D eigenvalue weighted by molar-refractivity contribution is 9.10. The number of thiophene rings is 1. The molecule has 0 bridgehead atoms. The molecule has 0 amide bonds. The number of rotatable bonds is 2. The van der Waals surface area contributed by atoms with Crippen molar-refractivity contribution in [3.05, 3.63) is 19.8 Å². The van der Waals surface area contributed by atoms with Crippen LogP contribution >= 0.6 is 38.9 Å². The van der Waals surface area contributed by atoms with E-state index in [0.29, 0.717) is 17.4 Å². The molecule has 1 nitrogen and oxygen atoms in total. The number of halogens is 4. The summed E-state index contributed by atoms with van der Waals surface area (Å²) in [5.41, 5.74) is 0. The molecule has 15 heavy (non-hydrogen) atoms. The summed E-state index contributed by atoms with van der Waals surface area (Å²) in [5, 5.41) is 0. The van der Waals surface area contributed by atoms with Gasteiger partial charge in [-0.25, -0.2) is 8.78 Å². The second-order valence-electron chi connectivity index (χ2n) is 3.65. The van der Waals surface area contributed by atoms with E-state index in [1.165, 1.54) is 11.3 Å². The second kappa shape index (κ2) is 4.28. The highest BCUT2D eigenvalue weighted by Crippen LogP contribution is 2.34. The van der Waals surface area contributed by atoms with Gasteiger partial charge >= 0.3 is 0 Å². The summed E-state index contributed by atoms with van der Waals surface area (Å²) in [7, 11) is 0. The molecule has 0 atom stereocenters.